The molecular weight excluding hydrogens is 217 g/mol. The monoisotopic (exact) mass is 232 g/mol. The molecule has 0 saturated carbocycles. The van der Waals surface area contributed by atoms with E-state index >= 15 is 0 Å². The van der Waals surface area contributed by atoms with Crippen LogP contribution in [0.25, 0.3) is 0 Å². The van der Waals surface area contributed by atoms with Crippen LogP contribution < -0.4 is 11.5 Å². The lowest BCUT2D eigenvalue weighted by Crippen LogP contribution is -2.15. The molecule has 0 aliphatic carbocycles. The highest BCUT2D eigenvalue weighted by Gasteiger charge is 2.17. The van der Waals surface area contributed by atoms with Crippen molar-refractivity contribution in [2.45, 2.75) is 25.3 Å². The number of halogens is 3. The Bertz CT molecular complexity index is 332. The fourth-order valence-electron chi connectivity index (χ4n) is 1.56. The Morgan fingerprint density at radius 2 is 1.62 bits per heavy atom. The lowest BCUT2D eigenvalue weighted by molar-refractivity contribution is 0.484. The van der Waals surface area contributed by atoms with Gasteiger partial charge in [-0.05, 0) is 19.4 Å². The molecule has 0 saturated heterocycles. The van der Waals surface area contributed by atoms with Gasteiger partial charge in [0.05, 0.1) is 0 Å². The second-order valence-corrected chi connectivity index (χ2v) is 3.67. The lowest BCUT2D eigenvalue weighted by Gasteiger charge is -2.13. The molecule has 16 heavy (non-hydrogen) atoms. The Labute approximate surface area is 92.4 Å². The summed E-state index contributed by atoms with van der Waals surface area (Å²) < 4.78 is 39.2. The van der Waals surface area contributed by atoms with Gasteiger partial charge >= 0.3 is 0 Å². The number of hydrogen-bond acceptors (Lipinski definition) is 2. The molecule has 0 aliphatic rings. The average Bonchev–Trinajstić information content (AvgIpc) is 2.16. The van der Waals surface area contributed by atoms with Crippen molar-refractivity contribution >= 4 is 0 Å². The molecule has 0 radical (unpaired) electrons. The summed E-state index contributed by atoms with van der Waals surface area (Å²) in [4.78, 5) is 0. The maximum Gasteiger partial charge on any atom is 0.133 e. The van der Waals surface area contributed by atoms with E-state index in [1.807, 2.05) is 0 Å². The molecule has 1 aromatic carbocycles. The Kier molecular flexibility index (Phi) is 4.76. The van der Waals surface area contributed by atoms with Crippen molar-refractivity contribution in [1.82, 2.24) is 0 Å². The molecule has 1 atom stereocenters. The van der Waals surface area contributed by atoms with Gasteiger partial charge in [0.25, 0.3) is 0 Å². The zero-order valence-corrected chi connectivity index (χ0v) is 8.85. The van der Waals surface area contributed by atoms with Gasteiger partial charge in [0.2, 0.25) is 0 Å². The minimum Gasteiger partial charge on any atom is -0.330 e. The summed E-state index contributed by atoms with van der Waals surface area (Å²) in [5.74, 6) is -2.80. The summed E-state index contributed by atoms with van der Waals surface area (Å²) in [6.07, 6.45) is 1.86. The number of benzene rings is 1. The van der Waals surface area contributed by atoms with Crippen molar-refractivity contribution in [3.8, 4) is 0 Å². The lowest BCUT2D eigenvalue weighted by atomic mass is 10.0. The van der Waals surface area contributed by atoms with Crippen LogP contribution in [0.15, 0.2) is 12.1 Å². The summed E-state index contributed by atoms with van der Waals surface area (Å²) in [5, 5.41) is 0. The zero-order chi connectivity index (χ0) is 12.1. The van der Waals surface area contributed by atoms with E-state index in [0.717, 1.165) is 6.42 Å². The van der Waals surface area contributed by atoms with E-state index in [-0.39, 0.29) is 5.56 Å². The van der Waals surface area contributed by atoms with Crippen LogP contribution in [-0.4, -0.2) is 6.54 Å². The Morgan fingerprint density at radius 1 is 1.06 bits per heavy atom. The molecule has 0 aromatic heterocycles. The highest BCUT2D eigenvalue weighted by molar-refractivity contribution is 5.23. The number of rotatable bonds is 5. The van der Waals surface area contributed by atoms with Crippen LogP contribution in [0.2, 0.25) is 0 Å². The van der Waals surface area contributed by atoms with Gasteiger partial charge in [-0.15, -0.1) is 0 Å². The maximum absolute atomic E-state index is 13.3. The van der Waals surface area contributed by atoms with Crippen molar-refractivity contribution in [3.05, 3.63) is 35.1 Å². The second-order valence-electron chi connectivity index (χ2n) is 3.67. The summed E-state index contributed by atoms with van der Waals surface area (Å²) in [7, 11) is 0. The van der Waals surface area contributed by atoms with Gasteiger partial charge in [-0.1, -0.05) is 6.42 Å². The first kappa shape index (κ1) is 13.0. The first-order chi connectivity index (χ1) is 7.56. The average molecular weight is 232 g/mol. The topological polar surface area (TPSA) is 52.0 Å². The fraction of sp³-hybridized carbons (Fsp3) is 0.455. The van der Waals surface area contributed by atoms with Crippen LogP contribution >= 0.6 is 0 Å². The first-order valence-corrected chi connectivity index (χ1v) is 5.16. The van der Waals surface area contributed by atoms with Crippen molar-refractivity contribution in [2.24, 2.45) is 11.5 Å². The summed E-state index contributed by atoms with van der Waals surface area (Å²) >= 11 is 0. The number of nitrogens with two attached hydrogens (primary N) is 2. The molecule has 0 aliphatic heterocycles. The Hall–Kier alpha value is -1.07. The quantitative estimate of drug-likeness (QED) is 0.765. The van der Waals surface area contributed by atoms with Crippen LogP contribution in [0.3, 0.4) is 0 Å². The van der Waals surface area contributed by atoms with Gasteiger partial charge in [0.1, 0.15) is 17.5 Å². The van der Waals surface area contributed by atoms with Crippen molar-refractivity contribution < 1.29 is 13.2 Å². The largest absolute Gasteiger partial charge is 0.330 e. The Balaban J connectivity index is 2.78. The molecule has 0 heterocycles. The van der Waals surface area contributed by atoms with E-state index < -0.39 is 23.5 Å². The highest BCUT2D eigenvalue weighted by Crippen LogP contribution is 2.23. The standard InChI is InChI=1S/C11H15F3N2/c12-7-5-8(13)11(9(14)6-7)10(16)3-1-2-4-15/h5-6,10H,1-4,15-16H2/t10-/m1/s1. The molecule has 0 amide bonds. The molecule has 0 fully saturated rings. The van der Waals surface area contributed by atoms with Crippen molar-refractivity contribution in [3.63, 3.8) is 0 Å². The van der Waals surface area contributed by atoms with Gasteiger partial charge in [-0.2, -0.15) is 0 Å². The smallest absolute Gasteiger partial charge is 0.133 e. The number of hydrogen-bond donors (Lipinski definition) is 2. The van der Waals surface area contributed by atoms with Crippen LogP contribution in [0.4, 0.5) is 13.2 Å². The van der Waals surface area contributed by atoms with Gasteiger partial charge in [-0.25, -0.2) is 13.2 Å². The maximum atomic E-state index is 13.3. The first-order valence-electron chi connectivity index (χ1n) is 5.16. The normalized spacial score (nSPS) is 12.8. The van der Waals surface area contributed by atoms with Crippen LogP contribution in [0.1, 0.15) is 30.9 Å². The molecule has 2 nitrogen and oxygen atoms in total. The van der Waals surface area contributed by atoms with E-state index in [0.29, 0.717) is 31.5 Å². The fourth-order valence-corrected chi connectivity index (χ4v) is 1.56. The Morgan fingerprint density at radius 3 is 2.12 bits per heavy atom. The third-order valence-electron chi connectivity index (χ3n) is 2.38. The second kappa shape index (κ2) is 5.86. The molecular formula is C11H15F3N2. The minimum absolute atomic E-state index is 0.251. The summed E-state index contributed by atoms with van der Waals surface area (Å²) in [6, 6.07) is 0.523. The summed E-state index contributed by atoms with van der Waals surface area (Å²) in [5.41, 5.74) is 10.7. The molecule has 90 valence electrons. The van der Waals surface area contributed by atoms with Crippen molar-refractivity contribution in [2.75, 3.05) is 6.54 Å². The molecule has 5 heteroatoms. The van der Waals surface area contributed by atoms with Gasteiger partial charge < -0.3 is 11.5 Å². The van der Waals surface area contributed by atoms with E-state index in [1.54, 1.807) is 0 Å². The molecule has 0 unspecified atom stereocenters. The third kappa shape index (κ3) is 3.21. The zero-order valence-electron chi connectivity index (χ0n) is 8.85. The minimum atomic E-state index is -0.937. The number of unbranched alkanes of at least 4 members (excludes halogenated alkanes) is 1. The van der Waals surface area contributed by atoms with E-state index in [2.05, 4.69) is 0 Å². The SMILES string of the molecule is NCCCC[C@@H](N)c1c(F)cc(F)cc1F. The van der Waals surface area contributed by atoms with Crippen molar-refractivity contribution in [1.29, 1.82) is 0 Å². The van der Waals surface area contributed by atoms with E-state index in [4.69, 9.17) is 11.5 Å². The highest BCUT2D eigenvalue weighted by atomic mass is 19.1. The van der Waals surface area contributed by atoms with Crippen LogP contribution in [0, 0.1) is 17.5 Å². The predicted octanol–water partition coefficient (Wildman–Crippen LogP) is 2.23. The molecule has 1 aromatic rings. The van der Waals surface area contributed by atoms with Gasteiger partial charge in [-0.3, -0.25) is 0 Å². The predicted molar refractivity (Wildman–Crippen MR) is 56.1 cm³/mol. The summed E-state index contributed by atoms with van der Waals surface area (Å²) in [6.45, 7) is 0.515. The van der Waals surface area contributed by atoms with E-state index in [1.165, 1.54) is 0 Å². The van der Waals surface area contributed by atoms with Crippen LogP contribution in [0.5, 0.6) is 0 Å². The molecule has 1 rings (SSSR count). The van der Waals surface area contributed by atoms with E-state index in [9.17, 15) is 13.2 Å². The molecule has 4 N–H and O–H groups in total. The molecule has 0 spiro atoms. The third-order valence-corrected chi connectivity index (χ3v) is 2.38. The van der Waals surface area contributed by atoms with Gasteiger partial charge in [0, 0.05) is 23.7 Å². The molecule has 0 bridgehead atoms. The van der Waals surface area contributed by atoms with Gasteiger partial charge in [0.15, 0.2) is 0 Å². The van der Waals surface area contributed by atoms with Crippen LogP contribution in [-0.2, 0) is 0 Å².